The van der Waals surface area contributed by atoms with E-state index < -0.39 is 0 Å². The monoisotopic (exact) mass is 1680 g/mol. The zero-order chi connectivity index (χ0) is 82.1. The SMILES string of the molecule is CCCCCCCCCCC(CCCCCCCC)COc1cc2c3cc(OCC(CCCCCCCC)CCCCCCCCCC)c(OCC(CCCCCCCC)CCCCCCCCCC)cc3c3nc4c(-c5ccc(C)[se]5)c5nsnc5c(C)c4nc3c2cc1OCC(CCCCCCCC)CCCCCCCCCC. The molecule has 116 heavy (non-hydrogen) atoms. The smallest absolute Gasteiger partial charge is 0.0654 e. The predicted molar refractivity (Wildman–Crippen MR) is 512 cm³/mol. The summed E-state index contributed by atoms with van der Waals surface area (Å²) in [4.78, 5) is 12.2. The number of hydrogen-bond acceptors (Lipinski definition) is 9. The van der Waals surface area contributed by atoms with Gasteiger partial charge in [0.05, 0.1) is 0 Å². The van der Waals surface area contributed by atoms with Crippen LogP contribution in [0.15, 0.2) is 36.4 Å². The van der Waals surface area contributed by atoms with Gasteiger partial charge < -0.3 is 0 Å². The fourth-order valence-corrected chi connectivity index (χ4v) is 21.0. The van der Waals surface area contributed by atoms with E-state index in [4.69, 9.17) is 37.7 Å². The first kappa shape index (κ1) is 99.1. The van der Waals surface area contributed by atoms with E-state index >= 15 is 0 Å². The standard InChI is InChI=1S/C106H176N4O4SSe/c1-11-19-27-35-43-47-55-63-71-87(67-59-51-39-31-23-15-5)81-111-95-77-91-92-78-96(112-82-88(68-60-52-40-32-24-16-6)72-64-56-48-44-36-28-20-12-2)98(114-84-90(70-62-54-42-34-26-18-8)74-66-58-50-46-38-30-22-14-4)80-94(92)104-103(107-101-86(10)102-106(110-115-109-102)100(105(101)108-104)99-76-75-85(9)116-99)93(91)79-97(95)113-83-89(69-61-53-41-33-25-17-7)73-65-57-49-45-37-29-21-13-3/h75-80,87-90H,11-74,81-84H2,1-10H3. The van der Waals surface area contributed by atoms with E-state index in [0.717, 1.165) is 88.8 Å². The molecule has 0 spiro atoms. The van der Waals surface area contributed by atoms with Crippen LogP contribution in [0, 0.1) is 37.5 Å². The van der Waals surface area contributed by atoms with Crippen LogP contribution < -0.4 is 18.9 Å². The third kappa shape index (κ3) is 37.4. The van der Waals surface area contributed by atoms with Crippen molar-refractivity contribution in [3.05, 3.63) is 46.4 Å². The molecule has 7 rings (SSSR count). The normalized spacial score (nSPS) is 13.1. The van der Waals surface area contributed by atoms with E-state index in [9.17, 15) is 0 Å². The second-order valence-electron chi connectivity index (χ2n) is 36.7. The molecule has 4 atom stereocenters. The molecule has 4 aromatic carbocycles. The van der Waals surface area contributed by atoms with Gasteiger partial charge in [-0.1, -0.05) is 415 Å². The van der Waals surface area contributed by atoms with Gasteiger partial charge >= 0.3 is 269 Å². The molecule has 0 amide bonds. The molecule has 8 nitrogen and oxygen atoms in total. The first-order chi connectivity index (χ1) is 57.2. The van der Waals surface area contributed by atoms with Crippen molar-refractivity contribution in [2.45, 2.75) is 480 Å². The molecule has 656 valence electrons. The van der Waals surface area contributed by atoms with Crippen molar-refractivity contribution < 1.29 is 18.9 Å². The number of unbranched alkanes of at least 4 members (excludes halogenated alkanes) is 48. The van der Waals surface area contributed by atoms with Crippen LogP contribution in [0.5, 0.6) is 23.0 Å². The molecule has 0 fully saturated rings. The summed E-state index contributed by atoms with van der Waals surface area (Å²) in [6.07, 6.45) is 83.9. The van der Waals surface area contributed by atoms with Crippen molar-refractivity contribution in [2.24, 2.45) is 23.7 Å². The molecular weight excluding hydrogens is 1500 g/mol. The average Bonchev–Trinajstić information content (AvgIpc) is 1.09. The van der Waals surface area contributed by atoms with E-state index in [0.29, 0.717) is 50.1 Å². The van der Waals surface area contributed by atoms with E-state index in [1.54, 1.807) is 0 Å². The van der Waals surface area contributed by atoms with E-state index in [2.05, 4.69) is 106 Å². The Morgan fingerprint density at radius 3 is 0.741 bits per heavy atom. The maximum absolute atomic E-state index is 7.66. The molecule has 7 aromatic rings. The van der Waals surface area contributed by atoms with Gasteiger partial charge in [0, 0.05) is 0 Å². The minimum atomic E-state index is 0.126. The number of benzene rings is 4. The van der Waals surface area contributed by atoms with Crippen LogP contribution >= 0.6 is 11.7 Å². The van der Waals surface area contributed by atoms with Gasteiger partial charge in [-0.05, 0) is 44.4 Å². The molecule has 0 saturated carbocycles. The summed E-state index contributed by atoms with van der Waals surface area (Å²) in [6, 6.07) is 14.2. The van der Waals surface area contributed by atoms with E-state index in [1.807, 2.05) is 0 Å². The van der Waals surface area contributed by atoms with Crippen LogP contribution in [0.1, 0.15) is 476 Å². The topological polar surface area (TPSA) is 88.5 Å². The molecule has 0 saturated heterocycles. The zero-order valence-electron chi connectivity index (χ0n) is 77.1. The third-order valence-electron chi connectivity index (χ3n) is 26.1. The molecule has 0 aliphatic heterocycles. The van der Waals surface area contributed by atoms with Gasteiger partial charge in [-0.15, -0.1) is 0 Å². The van der Waals surface area contributed by atoms with Gasteiger partial charge in [-0.25, -0.2) is 0 Å². The van der Waals surface area contributed by atoms with Crippen molar-refractivity contribution in [3.63, 3.8) is 0 Å². The number of ether oxygens (including phenoxy) is 4. The number of aryl methyl sites for hydroxylation is 2. The summed E-state index contributed by atoms with van der Waals surface area (Å²) in [5.41, 5.74) is 7.63. The molecule has 3 aromatic heterocycles. The van der Waals surface area contributed by atoms with E-state index in [-0.39, 0.29) is 14.5 Å². The second-order valence-corrected chi connectivity index (χ2v) is 39.9. The summed E-state index contributed by atoms with van der Waals surface area (Å²) in [5.74, 6) is 5.33. The summed E-state index contributed by atoms with van der Waals surface area (Å²) in [6.45, 7) is 25.9. The second kappa shape index (κ2) is 63.0. The predicted octanol–water partition coefficient (Wildman–Crippen LogP) is 35.5. The maximum atomic E-state index is 7.66. The molecular formula is C106H176N4O4SSe. The molecule has 0 N–H and O–H groups in total. The van der Waals surface area contributed by atoms with Crippen molar-refractivity contribution in [2.75, 3.05) is 26.4 Å². The number of nitrogens with zero attached hydrogens (tertiary/aromatic N) is 4. The van der Waals surface area contributed by atoms with Gasteiger partial charge in [-0.3, -0.25) is 0 Å². The summed E-state index contributed by atoms with van der Waals surface area (Å²) >= 11 is 1.44. The molecule has 0 bridgehead atoms. The number of rotatable bonds is 77. The van der Waals surface area contributed by atoms with Crippen molar-refractivity contribution in [3.8, 4) is 33.0 Å². The van der Waals surface area contributed by atoms with Crippen LogP contribution in [0.3, 0.4) is 0 Å². The summed E-state index contributed by atoms with van der Waals surface area (Å²) < 4.78 is 43.5. The molecule has 0 aliphatic rings. The van der Waals surface area contributed by atoms with Crippen LogP contribution in [-0.4, -0.2) is 59.6 Å². The molecule has 0 aliphatic carbocycles. The van der Waals surface area contributed by atoms with Gasteiger partial charge in [0.1, 0.15) is 0 Å². The third-order valence-corrected chi connectivity index (χ3v) is 28.8. The van der Waals surface area contributed by atoms with Gasteiger partial charge in [0.25, 0.3) is 0 Å². The Balaban J connectivity index is 1.45. The first-order valence-electron chi connectivity index (χ1n) is 50.6. The Hall–Kier alpha value is -3.98. The van der Waals surface area contributed by atoms with Crippen LogP contribution in [0.25, 0.3) is 64.6 Å². The summed E-state index contributed by atoms with van der Waals surface area (Å²) in [7, 11) is 0. The Morgan fingerprint density at radius 2 is 0.491 bits per heavy atom. The Labute approximate surface area is 723 Å². The van der Waals surface area contributed by atoms with Gasteiger partial charge in [0.15, 0.2) is 0 Å². The van der Waals surface area contributed by atoms with E-state index in [1.165, 1.54) is 432 Å². The Kier molecular flexibility index (Phi) is 53.9. The van der Waals surface area contributed by atoms with Crippen molar-refractivity contribution in [1.82, 2.24) is 18.7 Å². The zero-order valence-corrected chi connectivity index (χ0v) is 79.6. The molecule has 4 unspecified atom stereocenters. The molecule has 0 radical (unpaired) electrons. The van der Waals surface area contributed by atoms with Gasteiger partial charge in [-0.2, -0.15) is 0 Å². The number of aromatic nitrogens is 4. The van der Waals surface area contributed by atoms with Crippen LogP contribution in [0.4, 0.5) is 0 Å². The minimum absolute atomic E-state index is 0.126. The molecule has 3 heterocycles. The first-order valence-corrected chi connectivity index (χ1v) is 53.1. The van der Waals surface area contributed by atoms with Crippen molar-refractivity contribution in [1.29, 1.82) is 0 Å². The fourth-order valence-electron chi connectivity index (χ4n) is 18.5. The van der Waals surface area contributed by atoms with Gasteiger partial charge in [0.2, 0.25) is 0 Å². The van der Waals surface area contributed by atoms with Crippen LogP contribution in [0.2, 0.25) is 0 Å². The molecule has 10 heteroatoms. The van der Waals surface area contributed by atoms with Crippen LogP contribution in [-0.2, 0) is 0 Å². The quantitative estimate of drug-likeness (QED) is 0.0161. The summed E-state index contributed by atoms with van der Waals surface area (Å²) in [5, 5.41) is 4.35. The number of fused-ring (bicyclic) bond motifs is 8. The number of hydrogen-bond donors (Lipinski definition) is 0. The Bertz CT molecular complexity index is 3620. The minimum Gasteiger partial charge on any atom is -0.0654 e. The average molecular weight is 1680 g/mol. The fraction of sp³-hybridized carbons (Fsp3) is 0.774. The Morgan fingerprint density at radius 1 is 0.259 bits per heavy atom. The van der Waals surface area contributed by atoms with Crippen molar-refractivity contribution >= 4 is 80.9 Å².